The van der Waals surface area contributed by atoms with Crippen molar-refractivity contribution >= 4 is 23.3 Å². The van der Waals surface area contributed by atoms with Gasteiger partial charge in [-0.3, -0.25) is 14.4 Å². The second-order valence-corrected chi connectivity index (χ2v) is 6.19. The maximum Gasteiger partial charge on any atom is 0.269 e. The van der Waals surface area contributed by atoms with Crippen LogP contribution in [0, 0.1) is 0 Å². The van der Waals surface area contributed by atoms with Crippen LogP contribution < -0.4 is 15.8 Å². The molecule has 3 aromatic rings. The van der Waals surface area contributed by atoms with Crippen molar-refractivity contribution in [2.24, 2.45) is 5.73 Å². The van der Waals surface area contributed by atoms with E-state index in [0.717, 1.165) is 0 Å². The number of carbonyl (C=O) groups excluding carboxylic acids is 3. The van der Waals surface area contributed by atoms with E-state index in [-0.39, 0.29) is 24.0 Å². The first-order valence-electron chi connectivity index (χ1n) is 8.98. The molecule has 0 saturated heterocycles. The largest absolute Gasteiger partial charge is 0.484 e. The van der Waals surface area contributed by atoms with Gasteiger partial charge in [0.1, 0.15) is 11.4 Å². The molecule has 148 valence electrons. The molecule has 2 aromatic carbocycles. The third-order valence-corrected chi connectivity index (χ3v) is 4.12. The molecule has 8 heteroatoms. The van der Waals surface area contributed by atoms with Crippen LogP contribution >= 0.6 is 0 Å². The number of ether oxygens (including phenoxy) is 1. The molecule has 0 aliphatic carbocycles. The summed E-state index contributed by atoms with van der Waals surface area (Å²) in [6.07, 6.45) is 2.06. The Bertz CT molecular complexity index is 1020. The van der Waals surface area contributed by atoms with Gasteiger partial charge in [0.05, 0.1) is 5.69 Å². The van der Waals surface area contributed by atoms with Crippen molar-refractivity contribution in [1.82, 2.24) is 9.78 Å². The number of nitrogens with two attached hydrogens (primary N) is 1. The van der Waals surface area contributed by atoms with Crippen LogP contribution in [0.25, 0.3) is 5.69 Å². The molecule has 0 radical (unpaired) electrons. The van der Waals surface area contributed by atoms with E-state index >= 15 is 0 Å². The first kappa shape index (κ1) is 19.8. The van der Waals surface area contributed by atoms with E-state index in [1.165, 1.54) is 10.7 Å². The fraction of sp³-hybridized carbons (Fsp3) is 0.143. The minimum Gasteiger partial charge on any atom is -0.484 e. The summed E-state index contributed by atoms with van der Waals surface area (Å²) in [5.41, 5.74) is 7.29. The number of hydrogen-bond acceptors (Lipinski definition) is 5. The number of anilines is 1. The zero-order chi connectivity index (χ0) is 20.8. The number of carbonyl (C=O) groups is 3. The van der Waals surface area contributed by atoms with Crippen molar-refractivity contribution in [3.05, 3.63) is 72.1 Å². The lowest BCUT2D eigenvalue weighted by Gasteiger charge is -2.09. The Morgan fingerprint density at radius 2 is 1.72 bits per heavy atom. The third kappa shape index (κ3) is 5.07. The second kappa shape index (κ2) is 8.83. The average molecular weight is 392 g/mol. The zero-order valence-corrected chi connectivity index (χ0v) is 15.8. The highest BCUT2D eigenvalue weighted by Crippen LogP contribution is 2.15. The van der Waals surface area contributed by atoms with Gasteiger partial charge in [-0.05, 0) is 54.6 Å². The van der Waals surface area contributed by atoms with E-state index in [1.807, 2.05) is 0 Å². The Labute approximate surface area is 167 Å². The molecule has 1 heterocycles. The molecule has 0 atom stereocenters. The van der Waals surface area contributed by atoms with Gasteiger partial charge in [0.2, 0.25) is 0 Å². The Hall–Kier alpha value is -3.94. The lowest BCUT2D eigenvalue weighted by atomic mass is 10.1. The van der Waals surface area contributed by atoms with Crippen molar-refractivity contribution in [3.8, 4) is 11.4 Å². The Kier molecular flexibility index (Phi) is 6.03. The van der Waals surface area contributed by atoms with Crippen molar-refractivity contribution < 1.29 is 19.1 Å². The van der Waals surface area contributed by atoms with Crippen LogP contribution in [0.4, 0.5) is 5.69 Å². The van der Waals surface area contributed by atoms with Crippen molar-refractivity contribution in [2.75, 3.05) is 11.9 Å². The first-order valence-corrected chi connectivity index (χ1v) is 8.98. The molecule has 0 fully saturated rings. The third-order valence-electron chi connectivity index (χ3n) is 4.12. The molecule has 2 amide bonds. The number of rotatable bonds is 8. The monoisotopic (exact) mass is 392 g/mol. The SMILES string of the molecule is CCC(=O)c1ccc(OCC(=O)Nc2ccc(-n3ccc(C(N)=O)n3)cc2)cc1. The molecule has 0 bridgehead atoms. The van der Waals surface area contributed by atoms with E-state index in [4.69, 9.17) is 10.5 Å². The molecule has 3 rings (SSSR count). The number of nitrogens with one attached hydrogen (secondary N) is 1. The zero-order valence-electron chi connectivity index (χ0n) is 15.8. The normalized spacial score (nSPS) is 10.4. The van der Waals surface area contributed by atoms with E-state index in [0.29, 0.717) is 29.1 Å². The molecule has 0 aliphatic heterocycles. The summed E-state index contributed by atoms with van der Waals surface area (Å²) in [6.45, 7) is 1.64. The number of primary amides is 1. The molecule has 29 heavy (non-hydrogen) atoms. The van der Waals surface area contributed by atoms with E-state index < -0.39 is 5.91 Å². The van der Waals surface area contributed by atoms with Crippen molar-refractivity contribution in [3.63, 3.8) is 0 Å². The standard InChI is InChI=1S/C21H20N4O4/c1-2-19(26)14-3-9-17(10-4-14)29-13-20(27)23-15-5-7-16(8-6-15)25-12-11-18(24-25)21(22)28/h3-12H,2,13H2,1H3,(H2,22,28)(H,23,27). The summed E-state index contributed by atoms with van der Waals surface area (Å²) in [5, 5.41) is 6.80. The number of nitrogens with zero attached hydrogens (tertiary/aromatic N) is 2. The summed E-state index contributed by atoms with van der Waals surface area (Å²) in [6, 6.07) is 15.1. The number of ketones is 1. The van der Waals surface area contributed by atoms with Crippen LogP contribution in [0.5, 0.6) is 5.75 Å². The van der Waals surface area contributed by atoms with Gasteiger partial charge in [0.15, 0.2) is 12.4 Å². The lowest BCUT2D eigenvalue weighted by Crippen LogP contribution is -2.20. The van der Waals surface area contributed by atoms with Gasteiger partial charge in [0, 0.05) is 23.9 Å². The Balaban J connectivity index is 1.54. The van der Waals surface area contributed by atoms with Gasteiger partial charge in [-0.1, -0.05) is 6.92 Å². The van der Waals surface area contributed by atoms with E-state index in [1.54, 1.807) is 61.7 Å². The van der Waals surface area contributed by atoms with Crippen LogP contribution in [-0.2, 0) is 4.79 Å². The lowest BCUT2D eigenvalue weighted by molar-refractivity contribution is -0.118. The molecular weight excluding hydrogens is 372 g/mol. The fourth-order valence-electron chi connectivity index (χ4n) is 2.58. The summed E-state index contributed by atoms with van der Waals surface area (Å²) >= 11 is 0. The summed E-state index contributed by atoms with van der Waals surface area (Å²) in [5.74, 6) is -0.355. The smallest absolute Gasteiger partial charge is 0.269 e. The molecule has 0 unspecified atom stereocenters. The Morgan fingerprint density at radius 3 is 2.31 bits per heavy atom. The van der Waals surface area contributed by atoms with Crippen LogP contribution in [-0.4, -0.2) is 34.0 Å². The molecular formula is C21H20N4O4. The predicted molar refractivity (Wildman–Crippen MR) is 107 cm³/mol. The summed E-state index contributed by atoms with van der Waals surface area (Å²) in [7, 11) is 0. The highest BCUT2D eigenvalue weighted by atomic mass is 16.5. The topological polar surface area (TPSA) is 116 Å². The van der Waals surface area contributed by atoms with Crippen LogP contribution in [0.15, 0.2) is 60.8 Å². The average Bonchev–Trinajstić information content (AvgIpc) is 3.23. The first-order chi connectivity index (χ1) is 14.0. The number of amides is 2. The maximum atomic E-state index is 12.1. The quantitative estimate of drug-likeness (QED) is 0.572. The minimum absolute atomic E-state index is 0.0544. The van der Waals surface area contributed by atoms with Gasteiger partial charge in [0.25, 0.3) is 11.8 Å². The number of Topliss-reactive ketones (excluding diaryl/α,β-unsaturated/α-hetero) is 1. The van der Waals surface area contributed by atoms with Crippen LogP contribution in [0.2, 0.25) is 0 Å². The number of aromatic nitrogens is 2. The fourth-order valence-corrected chi connectivity index (χ4v) is 2.58. The Morgan fingerprint density at radius 1 is 1.03 bits per heavy atom. The number of benzene rings is 2. The van der Waals surface area contributed by atoms with Crippen LogP contribution in [0.1, 0.15) is 34.2 Å². The van der Waals surface area contributed by atoms with E-state index in [2.05, 4.69) is 10.4 Å². The minimum atomic E-state index is -0.598. The maximum absolute atomic E-state index is 12.1. The van der Waals surface area contributed by atoms with Gasteiger partial charge in [-0.25, -0.2) is 4.68 Å². The molecule has 1 aromatic heterocycles. The molecule has 3 N–H and O–H groups in total. The van der Waals surface area contributed by atoms with Crippen LogP contribution in [0.3, 0.4) is 0 Å². The summed E-state index contributed by atoms with van der Waals surface area (Å²) in [4.78, 5) is 34.8. The molecule has 0 aliphatic rings. The molecule has 0 spiro atoms. The molecule has 8 nitrogen and oxygen atoms in total. The summed E-state index contributed by atoms with van der Waals surface area (Å²) < 4.78 is 6.96. The van der Waals surface area contributed by atoms with Gasteiger partial charge in [-0.15, -0.1) is 0 Å². The van der Waals surface area contributed by atoms with Crippen molar-refractivity contribution in [2.45, 2.75) is 13.3 Å². The molecule has 0 saturated carbocycles. The number of hydrogen-bond donors (Lipinski definition) is 2. The van der Waals surface area contributed by atoms with E-state index in [9.17, 15) is 14.4 Å². The predicted octanol–water partition coefficient (Wildman–Crippen LogP) is 2.58. The van der Waals surface area contributed by atoms with Gasteiger partial charge >= 0.3 is 0 Å². The van der Waals surface area contributed by atoms with Gasteiger partial charge in [-0.2, -0.15) is 5.10 Å². The highest BCUT2D eigenvalue weighted by Gasteiger charge is 2.08. The second-order valence-electron chi connectivity index (χ2n) is 6.19. The highest BCUT2D eigenvalue weighted by molar-refractivity contribution is 5.96. The van der Waals surface area contributed by atoms with Gasteiger partial charge < -0.3 is 15.8 Å². The van der Waals surface area contributed by atoms with Crippen molar-refractivity contribution in [1.29, 1.82) is 0 Å².